The van der Waals surface area contributed by atoms with E-state index < -0.39 is 17.9 Å². The molecule has 0 saturated heterocycles. The first-order valence-electron chi connectivity index (χ1n) is 6.92. The maximum Gasteiger partial charge on any atom is 0.326 e. The number of benzene rings is 1. The Morgan fingerprint density at radius 1 is 1.32 bits per heavy atom. The van der Waals surface area contributed by atoms with Gasteiger partial charge < -0.3 is 15.4 Å². The molecule has 6 heteroatoms. The second-order valence-electron chi connectivity index (χ2n) is 5.35. The van der Waals surface area contributed by atoms with Crippen molar-refractivity contribution >= 4 is 22.8 Å². The number of amides is 1. The number of carbonyl (C=O) groups is 2. The third-order valence-corrected chi connectivity index (χ3v) is 3.64. The number of rotatable bonds is 4. The number of aromatic amines is 1. The van der Waals surface area contributed by atoms with Crippen LogP contribution in [0.5, 0.6) is 0 Å². The zero-order valence-corrected chi connectivity index (χ0v) is 12.7. The summed E-state index contributed by atoms with van der Waals surface area (Å²) in [5.41, 5.74) is 2.48. The Labute approximate surface area is 127 Å². The van der Waals surface area contributed by atoms with Crippen LogP contribution in [0.25, 0.3) is 10.9 Å². The van der Waals surface area contributed by atoms with E-state index in [2.05, 4.69) is 10.3 Å². The quantitative estimate of drug-likeness (QED) is 0.792. The van der Waals surface area contributed by atoms with Crippen LogP contribution in [-0.2, 0) is 16.0 Å². The van der Waals surface area contributed by atoms with Crippen molar-refractivity contribution in [1.29, 1.82) is 0 Å². The first-order valence-corrected chi connectivity index (χ1v) is 6.92. The van der Waals surface area contributed by atoms with Gasteiger partial charge in [0.25, 0.3) is 0 Å². The normalized spacial score (nSPS) is 12.1. The van der Waals surface area contributed by atoms with Gasteiger partial charge in [-0.15, -0.1) is 0 Å². The summed E-state index contributed by atoms with van der Waals surface area (Å²) < 4.78 is 0. The number of H-pyrrole nitrogens is 1. The van der Waals surface area contributed by atoms with Crippen molar-refractivity contribution in [3.8, 4) is 0 Å². The molecule has 2 rings (SSSR count). The van der Waals surface area contributed by atoms with Crippen LogP contribution in [0.2, 0.25) is 0 Å². The molecule has 0 unspecified atom stereocenters. The van der Waals surface area contributed by atoms with Crippen molar-refractivity contribution in [2.75, 3.05) is 0 Å². The number of carboxylic acids is 1. The molecule has 0 spiro atoms. The molecule has 2 aromatic rings. The molecule has 0 aliphatic rings. The Morgan fingerprint density at radius 3 is 2.59 bits per heavy atom. The molecule has 0 aliphatic heterocycles. The van der Waals surface area contributed by atoms with Crippen LogP contribution < -0.4 is 10.7 Å². The maximum absolute atomic E-state index is 12.6. The lowest BCUT2D eigenvalue weighted by Crippen LogP contribution is -2.42. The lowest BCUT2D eigenvalue weighted by molar-refractivity contribution is -0.141. The molecule has 1 aromatic carbocycles. The van der Waals surface area contributed by atoms with E-state index in [4.69, 9.17) is 0 Å². The molecular formula is C16H18N2O4. The van der Waals surface area contributed by atoms with Crippen LogP contribution in [0.4, 0.5) is 0 Å². The lowest BCUT2D eigenvalue weighted by Gasteiger charge is -2.15. The number of carboxylic acid groups (broad SMARTS) is 1. The van der Waals surface area contributed by atoms with Crippen molar-refractivity contribution in [2.45, 2.75) is 33.2 Å². The molecule has 0 saturated carbocycles. The second kappa shape index (κ2) is 6.01. The number of hydrogen-bond donors (Lipinski definition) is 3. The Morgan fingerprint density at radius 2 is 2.00 bits per heavy atom. The van der Waals surface area contributed by atoms with Gasteiger partial charge in [-0.3, -0.25) is 9.59 Å². The summed E-state index contributed by atoms with van der Waals surface area (Å²) in [5.74, 6) is -1.61. The summed E-state index contributed by atoms with van der Waals surface area (Å²) in [7, 11) is 0. The highest BCUT2D eigenvalue weighted by Gasteiger charge is 2.22. The van der Waals surface area contributed by atoms with E-state index in [1.807, 2.05) is 13.0 Å². The van der Waals surface area contributed by atoms with Gasteiger partial charge in [0.15, 0.2) is 5.43 Å². The fraction of sp³-hybridized carbons (Fsp3) is 0.312. The highest BCUT2D eigenvalue weighted by molar-refractivity contribution is 5.84. The van der Waals surface area contributed by atoms with E-state index >= 15 is 0 Å². The van der Waals surface area contributed by atoms with Crippen LogP contribution in [0.3, 0.4) is 0 Å². The van der Waals surface area contributed by atoms with E-state index in [0.29, 0.717) is 16.6 Å². The number of fused-ring (bicyclic) bond motifs is 1. The molecule has 0 bridgehead atoms. The fourth-order valence-electron chi connectivity index (χ4n) is 2.51. The van der Waals surface area contributed by atoms with Gasteiger partial charge in [0.05, 0.1) is 5.52 Å². The maximum atomic E-state index is 12.6. The lowest BCUT2D eigenvalue weighted by atomic mass is 10.0. The predicted octanol–water partition coefficient (Wildman–Crippen LogP) is 1.28. The number of para-hydroxylation sites is 1. The summed E-state index contributed by atoms with van der Waals surface area (Å²) >= 11 is 0. The number of aliphatic carboxylic acids is 1. The van der Waals surface area contributed by atoms with Crippen molar-refractivity contribution in [2.24, 2.45) is 0 Å². The predicted molar refractivity (Wildman–Crippen MR) is 83.0 cm³/mol. The molecule has 0 aliphatic carbocycles. The van der Waals surface area contributed by atoms with Gasteiger partial charge >= 0.3 is 5.97 Å². The van der Waals surface area contributed by atoms with Gasteiger partial charge in [0.2, 0.25) is 5.91 Å². The van der Waals surface area contributed by atoms with E-state index in [9.17, 15) is 19.5 Å². The van der Waals surface area contributed by atoms with Crippen molar-refractivity contribution in [1.82, 2.24) is 10.3 Å². The molecule has 116 valence electrons. The van der Waals surface area contributed by atoms with Gasteiger partial charge in [-0.05, 0) is 25.5 Å². The van der Waals surface area contributed by atoms with Gasteiger partial charge in [-0.2, -0.15) is 0 Å². The minimum atomic E-state index is -1.17. The van der Waals surface area contributed by atoms with Crippen molar-refractivity contribution in [3.63, 3.8) is 0 Å². The topological polar surface area (TPSA) is 99.3 Å². The van der Waals surface area contributed by atoms with E-state index in [-0.39, 0.29) is 11.8 Å². The first kappa shape index (κ1) is 15.8. The minimum Gasteiger partial charge on any atom is -0.480 e. The van der Waals surface area contributed by atoms with Crippen LogP contribution in [0.1, 0.15) is 23.7 Å². The van der Waals surface area contributed by atoms with E-state index in [1.54, 1.807) is 19.1 Å². The third-order valence-electron chi connectivity index (χ3n) is 3.64. The minimum absolute atomic E-state index is 0.0556. The smallest absolute Gasteiger partial charge is 0.326 e. The Bertz CT molecular complexity index is 808. The number of aryl methyl sites for hydroxylation is 2. The van der Waals surface area contributed by atoms with E-state index in [1.165, 1.54) is 6.92 Å². The zero-order chi connectivity index (χ0) is 16.4. The van der Waals surface area contributed by atoms with Crippen LogP contribution in [-0.4, -0.2) is 28.0 Å². The molecule has 1 amide bonds. The molecular weight excluding hydrogens is 284 g/mol. The average Bonchev–Trinajstić information content (AvgIpc) is 2.43. The molecule has 3 N–H and O–H groups in total. The summed E-state index contributed by atoms with van der Waals surface area (Å²) in [6.45, 7) is 4.88. The number of aromatic nitrogens is 1. The Kier molecular flexibility index (Phi) is 4.30. The second-order valence-corrected chi connectivity index (χ2v) is 5.35. The molecule has 0 fully saturated rings. The molecule has 1 heterocycles. The Balaban J connectivity index is 2.54. The van der Waals surface area contributed by atoms with Crippen molar-refractivity contribution < 1.29 is 14.7 Å². The van der Waals surface area contributed by atoms with Gasteiger partial charge in [0, 0.05) is 30.0 Å². The molecule has 1 atom stereocenters. The largest absolute Gasteiger partial charge is 0.480 e. The number of nitrogens with one attached hydrogen (secondary N) is 2. The zero-order valence-electron chi connectivity index (χ0n) is 12.7. The molecule has 0 radical (unpaired) electrons. The van der Waals surface area contributed by atoms with Crippen LogP contribution in [0.15, 0.2) is 23.0 Å². The first-order chi connectivity index (χ1) is 10.3. The molecule has 6 nitrogen and oxygen atoms in total. The average molecular weight is 302 g/mol. The highest BCUT2D eigenvalue weighted by Crippen LogP contribution is 2.16. The number of pyridine rings is 1. The summed E-state index contributed by atoms with van der Waals surface area (Å²) in [5, 5.41) is 12.1. The third kappa shape index (κ3) is 3.00. The highest BCUT2D eigenvalue weighted by atomic mass is 16.4. The molecule has 1 aromatic heterocycles. The number of carbonyl (C=O) groups excluding carboxylic acids is 1. The van der Waals surface area contributed by atoms with E-state index in [0.717, 1.165) is 11.1 Å². The van der Waals surface area contributed by atoms with Crippen LogP contribution >= 0.6 is 0 Å². The number of hydrogen-bond acceptors (Lipinski definition) is 3. The summed E-state index contributed by atoms with van der Waals surface area (Å²) in [6, 6.07) is 4.27. The monoisotopic (exact) mass is 302 g/mol. The standard InChI is InChI=1S/C16H18N2O4/c1-8-5-4-6-11-14(8)17-9(2)12(15(11)20)7-13(16(21)22)18-10(3)19/h4-6,13H,7H2,1-3H3,(H,17,20)(H,18,19)(H,21,22)/t13-/m0/s1. The van der Waals surface area contributed by atoms with Crippen LogP contribution in [0, 0.1) is 13.8 Å². The fourth-order valence-corrected chi connectivity index (χ4v) is 2.51. The summed E-state index contributed by atoms with van der Waals surface area (Å²) in [6.07, 6.45) is -0.0556. The Hall–Kier alpha value is -2.63. The molecule has 22 heavy (non-hydrogen) atoms. The SMILES string of the molecule is CC(=O)N[C@@H](Cc1c(C)[nH]c2c(C)cccc2c1=O)C(=O)O. The van der Waals surface area contributed by atoms with Gasteiger partial charge in [-0.1, -0.05) is 12.1 Å². The summed E-state index contributed by atoms with van der Waals surface area (Å²) in [4.78, 5) is 38.1. The van der Waals surface area contributed by atoms with Gasteiger partial charge in [-0.25, -0.2) is 4.79 Å². The van der Waals surface area contributed by atoms with Crippen molar-refractivity contribution in [3.05, 3.63) is 45.2 Å². The van der Waals surface area contributed by atoms with Gasteiger partial charge in [0.1, 0.15) is 6.04 Å².